The van der Waals surface area contributed by atoms with Crippen LogP contribution in [-0.2, 0) is 0 Å². The lowest BCUT2D eigenvalue weighted by molar-refractivity contribution is 1.58. The van der Waals surface area contributed by atoms with Crippen molar-refractivity contribution >= 4 is 45.6 Å². The van der Waals surface area contributed by atoms with Crippen molar-refractivity contribution in [2.24, 2.45) is 0 Å². The van der Waals surface area contributed by atoms with E-state index in [9.17, 15) is 0 Å². The fraction of sp³-hybridized carbons (Fsp3) is 0. The third-order valence-electron chi connectivity index (χ3n) is 2.33. The van der Waals surface area contributed by atoms with E-state index in [4.69, 9.17) is 23.1 Å². The minimum atomic E-state index is 0.573. The Morgan fingerprint density at radius 1 is 0.875 bits per heavy atom. The zero-order valence-electron chi connectivity index (χ0n) is 8.37. The average Bonchev–Trinajstić information content (AvgIpc) is 2.26. The molecular formula is C12H10ClIN2. The lowest BCUT2D eigenvalue weighted by Gasteiger charge is -2.06. The van der Waals surface area contributed by atoms with Gasteiger partial charge in [0.05, 0.1) is 10.7 Å². The van der Waals surface area contributed by atoms with E-state index >= 15 is 0 Å². The van der Waals surface area contributed by atoms with Gasteiger partial charge in [0.2, 0.25) is 0 Å². The standard InChI is InChI=1S/C12H10ClIN2/c13-9-5-7(1-3-11(9)15)8-2-4-12(16)10(14)6-8/h1-6H,15-16H2. The number of nitrogen functional groups attached to an aromatic ring is 2. The van der Waals surface area contributed by atoms with Crippen molar-refractivity contribution < 1.29 is 0 Å². The number of hydrogen-bond acceptors (Lipinski definition) is 2. The van der Waals surface area contributed by atoms with Crippen molar-refractivity contribution in [1.29, 1.82) is 0 Å². The summed E-state index contributed by atoms with van der Waals surface area (Å²) >= 11 is 8.19. The molecule has 0 heterocycles. The molecule has 16 heavy (non-hydrogen) atoms. The molecule has 2 aromatic rings. The molecule has 0 aliphatic heterocycles. The minimum Gasteiger partial charge on any atom is -0.398 e. The minimum absolute atomic E-state index is 0.573. The fourth-order valence-electron chi connectivity index (χ4n) is 1.41. The van der Waals surface area contributed by atoms with Gasteiger partial charge in [-0.3, -0.25) is 0 Å². The van der Waals surface area contributed by atoms with Gasteiger partial charge in [-0.2, -0.15) is 0 Å². The summed E-state index contributed by atoms with van der Waals surface area (Å²) in [6.07, 6.45) is 0. The Morgan fingerprint density at radius 2 is 1.44 bits per heavy atom. The summed E-state index contributed by atoms with van der Waals surface area (Å²) in [6.45, 7) is 0. The molecule has 0 unspecified atom stereocenters. The molecule has 0 aliphatic carbocycles. The highest BCUT2D eigenvalue weighted by Gasteiger charge is 2.03. The maximum atomic E-state index is 5.98. The zero-order valence-corrected chi connectivity index (χ0v) is 11.3. The van der Waals surface area contributed by atoms with Crippen LogP contribution in [0.25, 0.3) is 11.1 Å². The van der Waals surface area contributed by atoms with Crippen LogP contribution in [0, 0.1) is 3.57 Å². The first kappa shape index (κ1) is 11.5. The van der Waals surface area contributed by atoms with Crippen LogP contribution in [0.4, 0.5) is 11.4 Å². The number of benzene rings is 2. The highest BCUT2D eigenvalue weighted by atomic mass is 127. The molecule has 2 aromatic carbocycles. The normalized spacial score (nSPS) is 10.4. The van der Waals surface area contributed by atoms with Crippen LogP contribution in [0.1, 0.15) is 0 Å². The third kappa shape index (κ3) is 2.25. The summed E-state index contributed by atoms with van der Waals surface area (Å²) in [6, 6.07) is 11.5. The summed E-state index contributed by atoms with van der Waals surface area (Å²) < 4.78 is 1.03. The molecule has 0 bridgehead atoms. The Kier molecular flexibility index (Phi) is 3.25. The maximum Gasteiger partial charge on any atom is 0.0641 e. The highest BCUT2D eigenvalue weighted by molar-refractivity contribution is 14.1. The monoisotopic (exact) mass is 344 g/mol. The van der Waals surface area contributed by atoms with Gasteiger partial charge in [0.1, 0.15) is 0 Å². The van der Waals surface area contributed by atoms with Gasteiger partial charge in [0.15, 0.2) is 0 Å². The second kappa shape index (κ2) is 4.51. The molecule has 2 nitrogen and oxygen atoms in total. The molecule has 0 spiro atoms. The van der Waals surface area contributed by atoms with Gasteiger partial charge in [-0.05, 0) is 58.0 Å². The SMILES string of the molecule is Nc1ccc(-c2ccc(N)c(I)c2)cc1Cl. The Labute approximate surface area is 113 Å². The molecule has 4 N–H and O–H groups in total. The Hall–Kier alpha value is -0.940. The number of rotatable bonds is 1. The first-order valence-corrected chi connectivity index (χ1v) is 6.14. The Balaban J connectivity index is 2.50. The van der Waals surface area contributed by atoms with Crippen molar-refractivity contribution in [2.45, 2.75) is 0 Å². The molecule has 0 amide bonds. The molecule has 0 radical (unpaired) electrons. The van der Waals surface area contributed by atoms with Gasteiger partial charge in [0.25, 0.3) is 0 Å². The van der Waals surface area contributed by atoms with E-state index in [0.717, 1.165) is 20.4 Å². The van der Waals surface area contributed by atoms with Crippen LogP contribution in [-0.4, -0.2) is 0 Å². The lowest BCUT2D eigenvalue weighted by Crippen LogP contribution is -1.90. The molecule has 0 saturated carbocycles. The van der Waals surface area contributed by atoms with E-state index < -0.39 is 0 Å². The fourth-order valence-corrected chi connectivity index (χ4v) is 2.11. The van der Waals surface area contributed by atoms with Crippen LogP contribution < -0.4 is 11.5 Å². The quantitative estimate of drug-likeness (QED) is 0.611. The molecule has 0 aliphatic rings. The van der Waals surface area contributed by atoms with Crippen LogP contribution in [0.5, 0.6) is 0 Å². The summed E-state index contributed by atoms with van der Waals surface area (Å²) in [5.41, 5.74) is 14.9. The van der Waals surface area contributed by atoms with Gasteiger partial charge >= 0.3 is 0 Å². The zero-order chi connectivity index (χ0) is 11.7. The molecule has 0 fully saturated rings. The average molecular weight is 345 g/mol. The van der Waals surface area contributed by atoms with Crippen LogP contribution in [0.15, 0.2) is 36.4 Å². The number of nitrogens with two attached hydrogens (primary N) is 2. The van der Waals surface area contributed by atoms with Gasteiger partial charge in [-0.25, -0.2) is 0 Å². The van der Waals surface area contributed by atoms with E-state index in [0.29, 0.717) is 10.7 Å². The number of halogens is 2. The van der Waals surface area contributed by atoms with Gasteiger partial charge < -0.3 is 11.5 Å². The smallest absolute Gasteiger partial charge is 0.0641 e. The second-order valence-electron chi connectivity index (χ2n) is 3.47. The summed E-state index contributed by atoms with van der Waals surface area (Å²) in [5, 5.41) is 0.573. The Bertz CT molecular complexity index is 491. The Morgan fingerprint density at radius 3 is 2.00 bits per heavy atom. The largest absolute Gasteiger partial charge is 0.398 e. The molecule has 0 atom stereocenters. The van der Waals surface area contributed by atoms with E-state index in [1.807, 2.05) is 30.3 Å². The molecule has 82 valence electrons. The molecule has 4 heteroatoms. The van der Waals surface area contributed by atoms with Crippen molar-refractivity contribution in [1.82, 2.24) is 0 Å². The van der Waals surface area contributed by atoms with Crippen LogP contribution in [0.2, 0.25) is 5.02 Å². The van der Waals surface area contributed by atoms with Gasteiger partial charge in [-0.15, -0.1) is 0 Å². The number of anilines is 2. The number of hydrogen-bond donors (Lipinski definition) is 2. The van der Waals surface area contributed by atoms with Crippen molar-refractivity contribution in [2.75, 3.05) is 11.5 Å². The van der Waals surface area contributed by atoms with Crippen molar-refractivity contribution in [3.05, 3.63) is 45.0 Å². The topological polar surface area (TPSA) is 52.0 Å². The molecule has 0 saturated heterocycles. The van der Waals surface area contributed by atoms with Crippen LogP contribution >= 0.6 is 34.2 Å². The molecule has 0 aromatic heterocycles. The lowest BCUT2D eigenvalue weighted by atomic mass is 10.1. The van der Waals surface area contributed by atoms with E-state index in [-0.39, 0.29) is 0 Å². The molecular weight excluding hydrogens is 335 g/mol. The summed E-state index contributed by atoms with van der Waals surface area (Å²) in [7, 11) is 0. The van der Waals surface area contributed by atoms with Crippen molar-refractivity contribution in [3.63, 3.8) is 0 Å². The van der Waals surface area contributed by atoms with E-state index in [2.05, 4.69) is 22.6 Å². The first-order valence-electron chi connectivity index (χ1n) is 4.68. The molecule has 2 rings (SSSR count). The predicted octanol–water partition coefficient (Wildman–Crippen LogP) is 3.78. The maximum absolute atomic E-state index is 5.98. The first-order chi connectivity index (χ1) is 7.58. The predicted molar refractivity (Wildman–Crippen MR) is 78.4 cm³/mol. The van der Waals surface area contributed by atoms with Crippen molar-refractivity contribution in [3.8, 4) is 11.1 Å². The second-order valence-corrected chi connectivity index (χ2v) is 5.04. The van der Waals surface area contributed by atoms with Gasteiger partial charge in [0, 0.05) is 9.26 Å². The summed E-state index contributed by atoms with van der Waals surface area (Å²) in [5.74, 6) is 0. The van der Waals surface area contributed by atoms with E-state index in [1.165, 1.54) is 0 Å². The highest BCUT2D eigenvalue weighted by Crippen LogP contribution is 2.29. The summed E-state index contributed by atoms with van der Waals surface area (Å²) in [4.78, 5) is 0. The third-order valence-corrected chi connectivity index (χ3v) is 3.60. The van der Waals surface area contributed by atoms with Crippen LogP contribution in [0.3, 0.4) is 0 Å². The van der Waals surface area contributed by atoms with E-state index in [1.54, 1.807) is 6.07 Å². The van der Waals surface area contributed by atoms with Gasteiger partial charge in [-0.1, -0.05) is 23.7 Å².